The van der Waals surface area contributed by atoms with Crippen molar-refractivity contribution in [3.8, 4) is 0 Å². The lowest BCUT2D eigenvalue weighted by Crippen LogP contribution is -2.53. The van der Waals surface area contributed by atoms with Crippen molar-refractivity contribution in [3.63, 3.8) is 0 Å². The second kappa shape index (κ2) is 8.34. The average molecular weight is 460 g/mol. The maximum absolute atomic E-state index is 14.4. The molecule has 1 aliphatic heterocycles. The van der Waals surface area contributed by atoms with E-state index in [9.17, 15) is 45.4 Å². The van der Waals surface area contributed by atoms with Gasteiger partial charge in [-0.15, -0.1) is 0 Å². The molecule has 0 spiro atoms. The molecule has 172 valence electrons. The number of carbonyl (C=O) groups excluding carboxylic acids is 2. The number of methoxy groups -OCH3 is 1. The highest BCUT2D eigenvalue weighted by atomic mass is 19.4. The predicted molar refractivity (Wildman–Crippen MR) is 88.7 cm³/mol. The van der Waals surface area contributed by atoms with Crippen molar-refractivity contribution in [2.75, 3.05) is 32.1 Å². The van der Waals surface area contributed by atoms with Crippen molar-refractivity contribution in [2.45, 2.75) is 18.0 Å². The zero-order valence-electron chi connectivity index (χ0n) is 15.6. The summed E-state index contributed by atoms with van der Waals surface area (Å²) >= 11 is 0. The number of aliphatic hydroxyl groups is 2. The molecular weight excluding hydrogens is 445 g/mol. The van der Waals surface area contributed by atoms with Crippen molar-refractivity contribution in [3.05, 3.63) is 40.8 Å². The number of ether oxygens (including phenoxy) is 1. The Bertz CT molecular complexity index is 897. The first kappa shape index (κ1) is 24.4. The third-order valence-corrected chi connectivity index (χ3v) is 4.42. The number of nitrogens with zero attached hydrogens (tertiary/aromatic N) is 1. The molecule has 3 N–H and O–H groups in total. The number of anilines is 1. The summed E-state index contributed by atoms with van der Waals surface area (Å²) in [6.45, 7) is -1.03. The Morgan fingerprint density at radius 2 is 1.77 bits per heavy atom. The van der Waals surface area contributed by atoms with Gasteiger partial charge in [0.2, 0.25) is 0 Å². The molecule has 0 atom stereocenters. The van der Waals surface area contributed by atoms with Gasteiger partial charge in [0.05, 0.1) is 31.5 Å². The third-order valence-electron chi connectivity index (χ3n) is 4.42. The van der Waals surface area contributed by atoms with Crippen LogP contribution in [0.3, 0.4) is 0 Å². The highest BCUT2D eigenvalue weighted by Crippen LogP contribution is 2.50. The van der Waals surface area contributed by atoms with Crippen LogP contribution in [0.1, 0.15) is 5.56 Å². The molecule has 2 rings (SSSR count). The van der Waals surface area contributed by atoms with Gasteiger partial charge in [0.1, 0.15) is 11.5 Å². The molecule has 14 heteroatoms. The van der Waals surface area contributed by atoms with Crippen LogP contribution in [0, 0.1) is 5.82 Å². The number of amides is 1. The van der Waals surface area contributed by atoms with Gasteiger partial charge in [-0.1, -0.05) is 6.07 Å². The number of halogens is 7. The Kier molecular flexibility index (Phi) is 6.56. The second-order valence-electron chi connectivity index (χ2n) is 6.32. The Morgan fingerprint density at radius 3 is 2.23 bits per heavy atom. The molecular formula is C17H15F7N2O5. The van der Waals surface area contributed by atoms with Crippen LogP contribution in [0.5, 0.6) is 0 Å². The van der Waals surface area contributed by atoms with Crippen LogP contribution in [0.25, 0.3) is 0 Å². The number of carbonyl (C=O) groups is 2. The standard InChI is InChI=1S/C17H15F7N2O5/c1-31-14(29)9-7-26(4-5-27)13(28)12(9)25-11-3-2-8(6-10(11)18)15(30,16(19,20)21)17(22,23)24/h2-3,6,25,27,30H,4-5,7H2,1H3. The normalized spacial score (nSPS) is 15.5. The fourth-order valence-corrected chi connectivity index (χ4v) is 2.81. The van der Waals surface area contributed by atoms with Crippen LogP contribution in [-0.4, -0.2) is 66.1 Å². The number of esters is 1. The summed E-state index contributed by atoms with van der Waals surface area (Å²) in [5.74, 6) is -3.56. The fraction of sp³-hybridized carbons (Fsp3) is 0.412. The first-order chi connectivity index (χ1) is 14.2. The van der Waals surface area contributed by atoms with Gasteiger partial charge in [0, 0.05) is 12.1 Å². The topological polar surface area (TPSA) is 99.1 Å². The maximum Gasteiger partial charge on any atom is 0.430 e. The second-order valence-corrected chi connectivity index (χ2v) is 6.32. The van der Waals surface area contributed by atoms with E-state index in [0.29, 0.717) is 6.07 Å². The van der Waals surface area contributed by atoms with Crippen LogP contribution < -0.4 is 5.32 Å². The molecule has 1 aromatic rings. The summed E-state index contributed by atoms with van der Waals surface area (Å²) in [6, 6.07) is 0.430. The van der Waals surface area contributed by atoms with Crippen LogP contribution >= 0.6 is 0 Å². The number of alkyl halides is 6. The minimum absolute atomic E-state index is 0.176. The highest BCUT2D eigenvalue weighted by Gasteiger charge is 2.71. The number of rotatable bonds is 6. The molecule has 0 saturated carbocycles. The number of hydrogen-bond donors (Lipinski definition) is 3. The van der Waals surface area contributed by atoms with Crippen molar-refractivity contribution in [1.29, 1.82) is 0 Å². The molecule has 0 unspecified atom stereocenters. The van der Waals surface area contributed by atoms with E-state index in [4.69, 9.17) is 5.11 Å². The molecule has 1 amide bonds. The average Bonchev–Trinajstić information content (AvgIpc) is 2.96. The lowest BCUT2D eigenvalue weighted by Gasteiger charge is -2.32. The van der Waals surface area contributed by atoms with Gasteiger partial charge < -0.3 is 25.2 Å². The number of hydrogen-bond acceptors (Lipinski definition) is 6. The number of β-amino-alcohol motifs (C(OH)–C–C–N with tert-alkyl or cyclic N) is 1. The molecule has 31 heavy (non-hydrogen) atoms. The molecule has 0 bridgehead atoms. The monoisotopic (exact) mass is 460 g/mol. The molecule has 1 aromatic carbocycles. The van der Waals surface area contributed by atoms with Crippen LogP contribution in [0.4, 0.5) is 36.4 Å². The lowest BCUT2D eigenvalue weighted by molar-refractivity contribution is -0.376. The Labute approximate surface area is 169 Å². The quantitative estimate of drug-likeness (QED) is 0.443. The van der Waals surface area contributed by atoms with Crippen molar-refractivity contribution in [1.82, 2.24) is 4.90 Å². The van der Waals surface area contributed by atoms with Gasteiger partial charge in [-0.25, -0.2) is 9.18 Å². The predicted octanol–water partition coefficient (Wildman–Crippen LogP) is 1.81. The number of nitrogens with one attached hydrogen (secondary N) is 1. The van der Waals surface area contributed by atoms with E-state index in [1.807, 2.05) is 0 Å². The van der Waals surface area contributed by atoms with Crippen LogP contribution in [0.15, 0.2) is 29.5 Å². The Balaban J connectivity index is 2.48. The summed E-state index contributed by atoms with van der Waals surface area (Å²) in [6.07, 6.45) is -12.4. The summed E-state index contributed by atoms with van der Waals surface area (Å²) in [5.41, 5.74) is -8.75. The van der Waals surface area contributed by atoms with Gasteiger partial charge in [0.25, 0.3) is 11.5 Å². The molecule has 0 aromatic heterocycles. The van der Waals surface area contributed by atoms with E-state index in [1.165, 1.54) is 0 Å². The number of benzene rings is 1. The minimum atomic E-state index is -6.21. The molecule has 0 saturated heterocycles. The van der Waals surface area contributed by atoms with E-state index in [0.717, 1.165) is 12.0 Å². The van der Waals surface area contributed by atoms with Crippen LogP contribution in [0.2, 0.25) is 0 Å². The smallest absolute Gasteiger partial charge is 0.430 e. The molecule has 0 aliphatic carbocycles. The first-order valence-electron chi connectivity index (χ1n) is 8.33. The lowest BCUT2D eigenvalue weighted by atomic mass is 9.92. The van der Waals surface area contributed by atoms with Crippen molar-refractivity contribution in [2.24, 2.45) is 0 Å². The van der Waals surface area contributed by atoms with E-state index >= 15 is 0 Å². The van der Waals surface area contributed by atoms with Gasteiger partial charge in [-0.3, -0.25) is 4.79 Å². The summed E-state index contributed by atoms with van der Waals surface area (Å²) < 4.78 is 96.6. The van der Waals surface area contributed by atoms with E-state index in [1.54, 1.807) is 0 Å². The van der Waals surface area contributed by atoms with Crippen molar-refractivity contribution < 1.29 is 55.3 Å². The van der Waals surface area contributed by atoms with E-state index in [-0.39, 0.29) is 30.8 Å². The van der Waals surface area contributed by atoms with Crippen LogP contribution in [-0.2, 0) is 19.9 Å². The largest absolute Gasteiger partial charge is 0.466 e. The SMILES string of the molecule is COC(=O)C1=C(Nc2ccc(C(O)(C(F)(F)F)C(F)(F)F)cc2F)C(=O)N(CCO)C1. The minimum Gasteiger partial charge on any atom is -0.466 e. The van der Waals surface area contributed by atoms with E-state index < -0.39 is 59.2 Å². The number of aliphatic hydroxyl groups excluding tert-OH is 1. The highest BCUT2D eigenvalue weighted by molar-refractivity contribution is 6.08. The zero-order chi connectivity index (χ0) is 23.8. The Morgan fingerprint density at radius 1 is 1.19 bits per heavy atom. The van der Waals surface area contributed by atoms with Gasteiger partial charge in [0.15, 0.2) is 0 Å². The molecule has 0 fully saturated rings. The molecule has 7 nitrogen and oxygen atoms in total. The van der Waals surface area contributed by atoms with Gasteiger partial charge >= 0.3 is 18.3 Å². The van der Waals surface area contributed by atoms with E-state index in [2.05, 4.69) is 10.1 Å². The van der Waals surface area contributed by atoms with Gasteiger partial charge in [-0.2, -0.15) is 26.3 Å². The summed E-state index contributed by atoms with van der Waals surface area (Å²) in [5, 5.41) is 20.5. The fourth-order valence-electron chi connectivity index (χ4n) is 2.81. The Hall–Kier alpha value is -2.87. The molecule has 1 heterocycles. The zero-order valence-corrected chi connectivity index (χ0v) is 15.6. The molecule has 1 aliphatic rings. The summed E-state index contributed by atoms with van der Waals surface area (Å²) in [4.78, 5) is 25.2. The van der Waals surface area contributed by atoms with Gasteiger partial charge in [-0.05, 0) is 12.1 Å². The molecule has 0 radical (unpaired) electrons. The first-order valence-corrected chi connectivity index (χ1v) is 8.33. The maximum atomic E-state index is 14.4. The summed E-state index contributed by atoms with van der Waals surface area (Å²) in [7, 11) is 0.983. The third kappa shape index (κ3) is 4.30. The van der Waals surface area contributed by atoms with Crippen molar-refractivity contribution >= 4 is 17.6 Å².